The Morgan fingerprint density at radius 1 is 1.11 bits per heavy atom. The van der Waals surface area contributed by atoms with E-state index in [2.05, 4.69) is 5.32 Å². The van der Waals surface area contributed by atoms with Gasteiger partial charge >= 0.3 is 0 Å². The number of para-hydroxylation sites is 1. The van der Waals surface area contributed by atoms with E-state index >= 15 is 0 Å². The third-order valence-corrected chi connectivity index (χ3v) is 6.73. The maximum Gasteiger partial charge on any atom is 0.251 e. The van der Waals surface area contributed by atoms with E-state index < -0.39 is 10.0 Å². The summed E-state index contributed by atoms with van der Waals surface area (Å²) < 4.78 is 27.2. The smallest absolute Gasteiger partial charge is 0.251 e. The zero-order valence-corrected chi connectivity index (χ0v) is 16.1. The quantitative estimate of drug-likeness (QED) is 0.825. The second-order valence-corrected chi connectivity index (χ2v) is 8.69. The van der Waals surface area contributed by atoms with Crippen molar-refractivity contribution in [3.63, 3.8) is 0 Å². The first-order valence-electron chi connectivity index (χ1n) is 9.05. The molecular formula is C20H24N2O4S. The summed E-state index contributed by atoms with van der Waals surface area (Å²) in [4.78, 5) is 12.7. The lowest BCUT2D eigenvalue weighted by Gasteiger charge is -2.26. The van der Waals surface area contributed by atoms with Crippen molar-refractivity contribution < 1.29 is 18.3 Å². The summed E-state index contributed by atoms with van der Waals surface area (Å²) in [6.07, 6.45) is 2.76. The molecule has 0 unspecified atom stereocenters. The molecule has 27 heavy (non-hydrogen) atoms. The van der Waals surface area contributed by atoms with Crippen LogP contribution in [0.3, 0.4) is 0 Å². The summed E-state index contributed by atoms with van der Waals surface area (Å²) in [6, 6.07) is 11.4. The molecule has 0 saturated carbocycles. The van der Waals surface area contributed by atoms with Crippen LogP contribution in [0.15, 0.2) is 47.4 Å². The second kappa shape index (κ2) is 8.10. The molecule has 1 heterocycles. The number of aromatic hydroxyl groups is 1. The van der Waals surface area contributed by atoms with E-state index in [1.54, 1.807) is 43.3 Å². The molecule has 2 aromatic rings. The van der Waals surface area contributed by atoms with Gasteiger partial charge in [0.05, 0.1) is 4.90 Å². The molecule has 1 aliphatic rings. The van der Waals surface area contributed by atoms with Crippen LogP contribution in [0.2, 0.25) is 0 Å². The Labute approximate surface area is 159 Å². The van der Waals surface area contributed by atoms with Crippen LogP contribution in [0.1, 0.15) is 40.7 Å². The zero-order valence-electron chi connectivity index (χ0n) is 15.3. The SMILES string of the molecule is Cc1ccc(S(=O)(=O)N2CCCCC2)cc1C(=O)NCc1ccccc1O. The number of hydrogen-bond donors (Lipinski definition) is 2. The van der Waals surface area contributed by atoms with E-state index in [0.717, 1.165) is 19.3 Å². The van der Waals surface area contributed by atoms with Crippen LogP contribution in [0, 0.1) is 6.92 Å². The number of phenols is 1. The average Bonchev–Trinajstić information content (AvgIpc) is 2.68. The topological polar surface area (TPSA) is 86.7 Å². The van der Waals surface area contributed by atoms with Crippen molar-refractivity contribution in [3.05, 3.63) is 59.2 Å². The van der Waals surface area contributed by atoms with Crippen molar-refractivity contribution in [2.75, 3.05) is 13.1 Å². The van der Waals surface area contributed by atoms with Crippen LogP contribution < -0.4 is 5.32 Å². The molecule has 0 aliphatic carbocycles. The Morgan fingerprint density at radius 2 is 1.81 bits per heavy atom. The molecule has 144 valence electrons. The van der Waals surface area contributed by atoms with E-state index in [9.17, 15) is 18.3 Å². The van der Waals surface area contributed by atoms with Crippen LogP contribution in [0.25, 0.3) is 0 Å². The summed E-state index contributed by atoms with van der Waals surface area (Å²) in [7, 11) is -3.60. The molecule has 0 aromatic heterocycles. The molecule has 1 aliphatic heterocycles. The number of carbonyl (C=O) groups excluding carboxylic acids is 1. The number of aryl methyl sites for hydroxylation is 1. The third-order valence-electron chi connectivity index (χ3n) is 4.84. The van der Waals surface area contributed by atoms with Gasteiger partial charge < -0.3 is 10.4 Å². The number of sulfonamides is 1. The van der Waals surface area contributed by atoms with E-state index in [4.69, 9.17) is 0 Å². The molecule has 2 aromatic carbocycles. The molecule has 1 saturated heterocycles. The number of piperidine rings is 1. The van der Waals surface area contributed by atoms with Gasteiger partial charge in [-0.1, -0.05) is 30.7 Å². The molecule has 2 N–H and O–H groups in total. The fraction of sp³-hybridized carbons (Fsp3) is 0.350. The highest BCUT2D eigenvalue weighted by atomic mass is 32.2. The Bertz CT molecular complexity index is 935. The van der Waals surface area contributed by atoms with Crippen molar-refractivity contribution in [2.45, 2.75) is 37.6 Å². The zero-order chi connectivity index (χ0) is 19.4. The minimum absolute atomic E-state index is 0.107. The van der Waals surface area contributed by atoms with Crippen LogP contribution in [-0.2, 0) is 16.6 Å². The van der Waals surface area contributed by atoms with Crippen LogP contribution in [0.5, 0.6) is 5.75 Å². The number of phenolic OH excluding ortho intramolecular Hbond substituents is 1. The Hall–Kier alpha value is -2.38. The fourth-order valence-corrected chi connectivity index (χ4v) is 4.74. The van der Waals surface area contributed by atoms with Crippen LogP contribution in [0.4, 0.5) is 0 Å². The first kappa shape index (κ1) is 19.4. The lowest BCUT2D eigenvalue weighted by Crippen LogP contribution is -2.35. The van der Waals surface area contributed by atoms with Crippen molar-refractivity contribution in [2.24, 2.45) is 0 Å². The molecule has 0 radical (unpaired) electrons. The van der Waals surface area contributed by atoms with E-state index in [0.29, 0.717) is 29.8 Å². The van der Waals surface area contributed by atoms with Gasteiger partial charge in [-0.2, -0.15) is 4.31 Å². The number of hydrogen-bond acceptors (Lipinski definition) is 4. The Balaban J connectivity index is 1.80. The normalized spacial score (nSPS) is 15.4. The van der Waals surface area contributed by atoms with Gasteiger partial charge in [0, 0.05) is 30.8 Å². The maximum atomic E-state index is 12.9. The second-order valence-electron chi connectivity index (χ2n) is 6.75. The van der Waals surface area contributed by atoms with Crippen molar-refractivity contribution >= 4 is 15.9 Å². The number of carbonyl (C=O) groups is 1. The predicted molar refractivity (Wildman–Crippen MR) is 103 cm³/mol. The predicted octanol–water partition coefficient (Wildman–Crippen LogP) is 2.81. The third kappa shape index (κ3) is 4.31. The number of nitrogens with one attached hydrogen (secondary N) is 1. The molecule has 3 rings (SSSR count). The molecule has 0 spiro atoms. The van der Waals surface area contributed by atoms with E-state index in [-0.39, 0.29) is 23.1 Å². The molecule has 0 atom stereocenters. The first-order valence-corrected chi connectivity index (χ1v) is 10.5. The molecule has 6 nitrogen and oxygen atoms in total. The Kier molecular flexibility index (Phi) is 5.82. The van der Waals surface area contributed by atoms with E-state index in [1.807, 2.05) is 0 Å². The van der Waals surface area contributed by atoms with Crippen LogP contribution >= 0.6 is 0 Å². The number of benzene rings is 2. The Morgan fingerprint density at radius 3 is 2.52 bits per heavy atom. The van der Waals surface area contributed by atoms with E-state index in [1.165, 1.54) is 10.4 Å². The van der Waals surface area contributed by atoms with Crippen molar-refractivity contribution in [1.82, 2.24) is 9.62 Å². The fourth-order valence-electron chi connectivity index (χ4n) is 3.19. The standard InChI is InChI=1S/C20H24N2O4S/c1-15-9-10-17(27(25,26)22-11-5-2-6-12-22)13-18(15)20(24)21-14-16-7-3-4-8-19(16)23/h3-4,7-10,13,23H,2,5-6,11-12,14H2,1H3,(H,21,24). The lowest BCUT2D eigenvalue weighted by molar-refractivity contribution is 0.0950. The van der Waals surface area contributed by atoms with Gasteiger partial charge in [0.1, 0.15) is 5.75 Å². The van der Waals surface area contributed by atoms with Gasteiger partial charge in [-0.25, -0.2) is 8.42 Å². The molecule has 1 fully saturated rings. The monoisotopic (exact) mass is 388 g/mol. The number of rotatable bonds is 5. The largest absolute Gasteiger partial charge is 0.508 e. The van der Waals surface area contributed by atoms with Crippen molar-refractivity contribution in [1.29, 1.82) is 0 Å². The summed E-state index contributed by atoms with van der Waals surface area (Å²) >= 11 is 0. The maximum absolute atomic E-state index is 12.9. The number of amides is 1. The van der Waals surface area contributed by atoms with Gasteiger partial charge in [0.15, 0.2) is 0 Å². The van der Waals surface area contributed by atoms with Gasteiger partial charge in [-0.3, -0.25) is 4.79 Å². The minimum atomic E-state index is -3.60. The molecule has 7 heteroatoms. The highest BCUT2D eigenvalue weighted by Crippen LogP contribution is 2.23. The van der Waals surface area contributed by atoms with Crippen molar-refractivity contribution in [3.8, 4) is 5.75 Å². The van der Waals surface area contributed by atoms with Crippen LogP contribution in [-0.4, -0.2) is 36.8 Å². The first-order chi connectivity index (χ1) is 12.9. The molecular weight excluding hydrogens is 364 g/mol. The highest BCUT2D eigenvalue weighted by Gasteiger charge is 2.27. The number of nitrogens with zero attached hydrogens (tertiary/aromatic N) is 1. The van der Waals surface area contributed by atoms with Gasteiger partial charge in [0.25, 0.3) is 5.91 Å². The summed E-state index contributed by atoms with van der Waals surface area (Å²) in [5.74, 6) is -0.262. The van der Waals surface area contributed by atoms with Gasteiger partial charge in [-0.05, 0) is 43.5 Å². The average molecular weight is 388 g/mol. The molecule has 1 amide bonds. The summed E-state index contributed by atoms with van der Waals surface area (Å²) in [6.45, 7) is 2.97. The minimum Gasteiger partial charge on any atom is -0.508 e. The summed E-state index contributed by atoms with van der Waals surface area (Å²) in [5, 5.41) is 12.6. The summed E-state index contributed by atoms with van der Waals surface area (Å²) in [5.41, 5.74) is 1.62. The lowest BCUT2D eigenvalue weighted by atomic mass is 10.1. The van der Waals surface area contributed by atoms with Gasteiger partial charge in [-0.15, -0.1) is 0 Å². The van der Waals surface area contributed by atoms with Gasteiger partial charge in [0.2, 0.25) is 10.0 Å². The molecule has 0 bridgehead atoms. The highest BCUT2D eigenvalue weighted by molar-refractivity contribution is 7.89.